The van der Waals surface area contributed by atoms with Crippen molar-refractivity contribution in [2.45, 2.75) is 40.2 Å². The summed E-state index contributed by atoms with van der Waals surface area (Å²) >= 11 is 0. The third-order valence-electron chi connectivity index (χ3n) is 3.76. The summed E-state index contributed by atoms with van der Waals surface area (Å²) in [6.07, 6.45) is 2.93. The minimum Gasteiger partial charge on any atom is -0.381 e. The Hall–Kier alpha value is -1.89. The fraction of sp³-hybridized carbons (Fsp3) is 0.688. The second-order valence-corrected chi connectivity index (χ2v) is 6.93. The molecule has 7 heteroatoms. The summed E-state index contributed by atoms with van der Waals surface area (Å²) in [6, 6.07) is 1.78. The highest BCUT2D eigenvalue weighted by atomic mass is 16.5. The van der Waals surface area contributed by atoms with Gasteiger partial charge < -0.3 is 15.4 Å². The van der Waals surface area contributed by atoms with E-state index in [1.807, 2.05) is 20.8 Å². The van der Waals surface area contributed by atoms with Crippen molar-refractivity contribution in [2.24, 2.45) is 11.3 Å². The van der Waals surface area contributed by atoms with Gasteiger partial charge in [0.05, 0.1) is 12.8 Å². The number of rotatable bonds is 6. The molecule has 1 aliphatic heterocycles. The second kappa shape index (κ2) is 7.59. The smallest absolute Gasteiger partial charge is 0.227 e. The zero-order valence-electron chi connectivity index (χ0n) is 14.1. The van der Waals surface area contributed by atoms with Crippen LogP contribution in [-0.2, 0) is 20.9 Å². The first-order chi connectivity index (χ1) is 10.9. The van der Waals surface area contributed by atoms with Gasteiger partial charge in [0.15, 0.2) is 0 Å². The van der Waals surface area contributed by atoms with Gasteiger partial charge in [0.1, 0.15) is 5.82 Å². The number of anilines is 1. The third kappa shape index (κ3) is 5.35. The highest BCUT2D eigenvalue weighted by Crippen LogP contribution is 2.17. The van der Waals surface area contributed by atoms with Crippen LogP contribution in [0.1, 0.15) is 33.6 Å². The normalized spacial score (nSPS) is 18.0. The average molecular weight is 322 g/mol. The fourth-order valence-corrected chi connectivity index (χ4v) is 2.32. The molecule has 0 radical (unpaired) electrons. The Morgan fingerprint density at radius 2 is 2.22 bits per heavy atom. The summed E-state index contributed by atoms with van der Waals surface area (Å²) in [5.74, 6) is 0.931. The molecule has 1 aliphatic rings. The first-order valence-corrected chi connectivity index (χ1v) is 8.04. The molecule has 0 aliphatic carbocycles. The minimum absolute atomic E-state index is 0.0587. The van der Waals surface area contributed by atoms with E-state index >= 15 is 0 Å². The molecule has 1 saturated heterocycles. The summed E-state index contributed by atoms with van der Waals surface area (Å²) in [6.45, 7) is 8.12. The molecule has 128 valence electrons. The van der Waals surface area contributed by atoms with E-state index < -0.39 is 5.41 Å². The molecule has 7 nitrogen and oxygen atoms in total. The number of hydrogen-bond acceptors (Lipinski definition) is 4. The van der Waals surface area contributed by atoms with E-state index in [1.54, 1.807) is 16.9 Å². The topological polar surface area (TPSA) is 85.3 Å². The number of carbonyl (C=O) groups is 2. The Balaban J connectivity index is 1.77. The van der Waals surface area contributed by atoms with Crippen LogP contribution < -0.4 is 10.6 Å². The van der Waals surface area contributed by atoms with E-state index in [4.69, 9.17) is 4.74 Å². The molecular formula is C16H26N4O3. The van der Waals surface area contributed by atoms with Crippen molar-refractivity contribution in [3.63, 3.8) is 0 Å². The largest absolute Gasteiger partial charge is 0.381 e. The molecule has 23 heavy (non-hydrogen) atoms. The van der Waals surface area contributed by atoms with Gasteiger partial charge in [0, 0.05) is 43.5 Å². The van der Waals surface area contributed by atoms with Crippen LogP contribution in [0, 0.1) is 11.3 Å². The van der Waals surface area contributed by atoms with E-state index in [-0.39, 0.29) is 18.2 Å². The van der Waals surface area contributed by atoms with Crippen LogP contribution in [-0.4, -0.2) is 41.4 Å². The lowest BCUT2D eigenvalue weighted by Crippen LogP contribution is -2.36. The summed E-state index contributed by atoms with van der Waals surface area (Å²) in [7, 11) is 0. The summed E-state index contributed by atoms with van der Waals surface area (Å²) < 4.78 is 7.16. The molecule has 0 spiro atoms. The first kappa shape index (κ1) is 17.5. The number of amides is 2. The summed E-state index contributed by atoms with van der Waals surface area (Å²) in [5, 5.41) is 9.86. The van der Waals surface area contributed by atoms with E-state index in [0.29, 0.717) is 18.3 Å². The molecule has 2 amide bonds. The van der Waals surface area contributed by atoms with Crippen molar-refractivity contribution in [3.8, 4) is 0 Å². The fourth-order valence-electron chi connectivity index (χ4n) is 2.32. The third-order valence-corrected chi connectivity index (χ3v) is 3.76. The maximum absolute atomic E-state index is 12.0. The zero-order valence-corrected chi connectivity index (χ0v) is 14.1. The lowest BCUT2D eigenvalue weighted by Gasteiger charge is -2.17. The quantitative estimate of drug-likeness (QED) is 0.829. The van der Waals surface area contributed by atoms with Crippen molar-refractivity contribution >= 4 is 17.6 Å². The predicted molar refractivity (Wildman–Crippen MR) is 86.9 cm³/mol. The predicted octanol–water partition coefficient (Wildman–Crippen LogP) is 1.41. The maximum atomic E-state index is 12.0. The Morgan fingerprint density at radius 3 is 2.87 bits per heavy atom. The molecule has 1 aromatic heterocycles. The van der Waals surface area contributed by atoms with Gasteiger partial charge in [-0.2, -0.15) is 5.10 Å². The number of ether oxygens (including phenoxy) is 1. The Bertz CT molecular complexity index is 542. The van der Waals surface area contributed by atoms with E-state index in [9.17, 15) is 9.59 Å². The van der Waals surface area contributed by atoms with Crippen LogP contribution in [0.4, 0.5) is 5.82 Å². The van der Waals surface area contributed by atoms with Crippen molar-refractivity contribution in [3.05, 3.63) is 12.3 Å². The Kier molecular flexibility index (Phi) is 5.76. The molecule has 1 unspecified atom stereocenters. The summed E-state index contributed by atoms with van der Waals surface area (Å²) in [4.78, 5) is 23.7. The van der Waals surface area contributed by atoms with Crippen LogP contribution >= 0.6 is 0 Å². The lowest BCUT2D eigenvalue weighted by atomic mass is 9.96. The van der Waals surface area contributed by atoms with E-state index in [1.165, 1.54) is 0 Å². The molecule has 1 fully saturated rings. The van der Waals surface area contributed by atoms with E-state index in [2.05, 4.69) is 15.7 Å². The van der Waals surface area contributed by atoms with Gasteiger partial charge in [0.25, 0.3) is 0 Å². The first-order valence-electron chi connectivity index (χ1n) is 8.04. The van der Waals surface area contributed by atoms with Gasteiger partial charge in [-0.25, -0.2) is 4.68 Å². The maximum Gasteiger partial charge on any atom is 0.227 e. The number of nitrogens with one attached hydrogen (secondary N) is 2. The minimum atomic E-state index is -0.446. The van der Waals surface area contributed by atoms with Crippen molar-refractivity contribution in [1.29, 1.82) is 0 Å². The molecular weight excluding hydrogens is 296 g/mol. The molecule has 0 bridgehead atoms. The monoisotopic (exact) mass is 322 g/mol. The molecule has 2 heterocycles. The van der Waals surface area contributed by atoms with Crippen LogP contribution in [0.2, 0.25) is 0 Å². The number of nitrogens with zero attached hydrogens (tertiary/aromatic N) is 2. The van der Waals surface area contributed by atoms with Crippen molar-refractivity contribution in [2.75, 3.05) is 25.1 Å². The van der Waals surface area contributed by atoms with Gasteiger partial charge in [-0.15, -0.1) is 0 Å². The molecule has 1 atom stereocenters. The highest BCUT2D eigenvalue weighted by molar-refractivity contribution is 5.90. The SMILES string of the molecule is CC(C)(C)C(=O)NCCC(=O)Nc1ccnn1CC1CCOC1. The molecule has 0 saturated carbocycles. The van der Waals surface area contributed by atoms with Crippen LogP contribution in [0.3, 0.4) is 0 Å². The van der Waals surface area contributed by atoms with Crippen LogP contribution in [0.15, 0.2) is 12.3 Å². The molecule has 2 N–H and O–H groups in total. The number of carbonyl (C=O) groups excluding carboxylic acids is 2. The average Bonchev–Trinajstić information content (AvgIpc) is 3.11. The second-order valence-electron chi connectivity index (χ2n) is 6.93. The van der Waals surface area contributed by atoms with Crippen molar-refractivity contribution in [1.82, 2.24) is 15.1 Å². The van der Waals surface area contributed by atoms with Gasteiger partial charge in [0.2, 0.25) is 11.8 Å². The molecule has 2 rings (SSSR count). The van der Waals surface area contributed by atoms with Crippen LogP contribution in [0.25, 0.3) is 0 Å². The van der Waals surface area contributed by atoms with E-state index in [0.717, 1.165) is 26.2 Å². The standard InChI is InChI=1S/C16H26N4O3/c1-16(2,3)15(22)17-7-5-14(21)19-13-4-8-18-20(13)10-12-6-9-23-11-12/h4,8,12H,5-7,9-11H2,1-3H3,(H,17,22)(H,19,21). The Morgan fingerprint density at radius 1 is 1.43 bits per heavy atom. The Labute approximate surface area is 136 Å². The van der Waals surface area contributed by atoms with Crippen LogP contribution in [0.5, 0.6) is 0 Å². The van der Waals surface area contributed by atoms with Crippen molar-refractivity contribution < 1.29 is 14.3 Å². The van der Waals surface area contributed by atoms with Gasteiger partial charge >= 0.3 is 0 Å². The van der Waals surface area contributed by atoms with Gasteiger partial charge in [-0.3, -0.25) is 9.59 Å². The molecule has 0 aromatic carbocycles. The van der Waals surface area contributed by atoms with Gasteiger partial charge in [-0.1, -0.05) is 20.8 Å². The van der Waals surface area contributed by atoms with Gasteiger partial charge in [-0.05, 0) is 6.42 Å². The zero-order chi connectivity index (χ0) is 16.9. The lowest BCUT2D eigenvalue weighted by molar-refractivity contribution is -0.128. The summed E-state index contributed by atoms with van der Waals surface area (Å²) in [5.41, 5.74) is -0.446. The molecule has 1 aromatic rings. The highest BCUT2D eigenvalue weighted by Gasteiger charge is 2.21. The number of aromatic nitrogens is 2. The number of hydrogen-bond donors (Lipinski definition) is 2.